The number of likely N-dealkylation sites (tertiary alicyclic amines) is 1. The zero-order valence-electron chi connectivity index (χ0n) is 10.2. The van der Waals surface area contributed by atoms with Crippen molar-refractivity contribution in [3.8, 4) is 6.07 Å². The van der Waals surface area contributed by atoms with E-state index < -0.39 is 0 Å². The fourth-order valence-electron chi connectivity index (χ4n) is 2.09. The third-order valence-corrected chi connectivity index (χ3v) is 3.39. The Kier molecular flexibility index (Phi) is 3.72. The van der Waals surface area contributed by atoms with Gasteiger partial charge >= 0.3 is 0 Å². The van der Waals surface area contributed by atoms with Crippen molar-refractivity contribution >= 4 is 0 Å². The summed E-state index contributed by atoms with van der Waals surface area (Å²) in [5.41, 5.74) is 0.616. The molecule has 0 radical (unpaired) electrons. The van der Waals surface area contributed by atoms with Crippen molar-refractivity contribution < 1.29 is 0 Å². The molecule has 2 heterocycles. The lowest BCUT2D eigenvalue weighted by atomic mass is 9.89. The summed E-state index contributed by atoms with van der Waals surface area (Å²) in [4.78, 5) is 6.52. The molecule has 0 saturated carbocycles. The number of nitrogens with zero attached hydrogens (tertiary/aromatic N) is 3. The van der Waals surface area contributed by atoms with E-state index in [4.69, 9.17) is 0 Å². The minimum atomic E-state index is -0.371. The van der Waals surface area contributed by atoms with E-state index in [1.807, 2.05) is 18.2 Å². The molecule has 0 spiro atoms. The third-order valence-electron chi connectivity index (χ3n) is 3.39. The first kappa shape index (κ1) is 12.0. The maximum Gasteiger partial charge on any atom is 0.109 e. The van der Waals surface area contributed by atoms with Crippen LogP contribution in [0.1, 0.15) is 18.5 Å². The highest BCUT2D eigenvalue weighted by Gasteiger charge is 2.33. The average Bonchev–Trinajstić information content (AvgIpc) is 2.40. The van der Waals surface area contributed by atoms with E-state index in [0.29, 0.717) is 6.54 Å². The summed E-state index contributed by atoms with van der Waals surface area (Å²) in [6.45, 7) is 2.61. The molecular weight excluding hydrogens is 212 g/mol. The topological polar surface area (TPSA) is 52.0 Å². The Balaban J connectivity index is 1.95. The van der Waals surface area contributed by atoms with Gasteiger partial charge in [0.1, 0.15) is 5.54 Å². The van der Waals surface area contributed by atoms with Gasteiger partial charge in [-0.05, 0) is 32.0 Å². The number of hydrogen-bond donors (Lipinski definition) is 1. The molecule has 1 fully saturated rings. The smallest absolute Gasteiger partial charge is 0.109 e. The summed E-state index contributed by atoms with van der Waals surface area (Å²) in [6.07, 6.45) is 3.55. The van der Waals surface area contributed by atoms with Crippen molar-refractivity contribution in [3.63, 3.8) is 0 Å². The van der Waals surface area contributed by atoms with Crippen LogP contribution in [-0.2, 0) is 6.54 Å². The largest absolute Gasteiger partial charge is 0.306 e. The van der Waals surface area contributed by atoms with Crippen molar-refractivity contribution in [2.45, 2.75) is 24.9 Å². The van der Waals surface area contributed by atoms with Crippen LogP contribution in [0.4, 0.5) is 0 Å². The molecule has 0 aromatic carbocycles. The lowest BCUT2D eigenvalue weighted by Crippen LogP contribution is -2.51. The molecule has 0 atom stereocenters. The zero-order valence-corrected chi connectivity index (χ0v) is 10.2. The van der Waals surface area contributed by atoms with Crippen LogP contribution in [0.3, 0.4) is 0 Å². The highest BCUT2D eigenvalue weighted by molar-refractivity contribution is 5.11. The summed E-state index contributed by atoms with van der Waals surface area (Å²) in [7, 11) is 2.10. The Morgan fingerprint density at radius 3 is 2.82 bits per heavy atom. The predicted octanol–water partition coefficient (Wildman–Crippen LogP) is 1.16. The number of aromatic nitrogens is 1. The number of rotatable bonds is 3. The first-order valence-corrected chi connectivity index (χ1v) is 5.99. The first-order chi connectivity index (χ1) is 8.24. The summed E-state index contributed by atoms with van der Waals surface area (Å²) in [5, 5.41) is 12.7. The number of hydrogen-bond acceptors (Lipinski definition) is 4. The average molecular weight is 230 g/mol. The maximum absolute atomic E-state index is 9.35. The summed E-state index contributed by atoms with van der Waals surface area (Å²) >= 11 is 0. The molecule has 0 amide bonds. The normalized spacial score (nSPS) is 19.8. The van der Waals surface area contributed by atoms with E-state index in [1.165, 1.54) is 0 Å². The second-order valence-corrected chi connectivity index (χ2v) is 4.67. The Bertz CT molecular complexity index is 388. The fourth-order valence-corrected chi connectivity index (χ4v) is 2.09. The third kappa shape index (κ3) is 3.02. The van der Waals surface area contributed by atoms with E-state index in [0.717, 1.165) is 31.6 Å². The second-order valence-electron chi connectivity index (χ2n) is 4.67. The quantitative estimate of drug-likeness (QED) is 0.846. The van der Waals surface area contributed by atoms with Gasteiger partial charge in [0.05, 0.1) is 11.8 Å². The number of nitriles is 1. The van der Waals surface area contributed by atoms with E-state index in [-0.39, 0.29) is 5.54 Å². The van der Waals surface area contributed by atoms with Gasteiger partial charge in [-0.25, -0.2) is 0 Å². The lowest BCUT2D eigenvalue weighted by Gasteiger charge is -2.36. The standard InChI is InChI=1S/C13H18N4/c1-17-8-5-13(11-14,6-9-17)16-10-12-4-2-3-7-15-12/h2-4,7,16H,5-6,8-10H2,1H3. The van der Waals surface area contributed by atoms with Crippen LogP contribution in [-0.4, -0.2) is 35.6 Å². The predicted molar refractivity (Wildman–Crippen MR) is 66.2 cm³/mol. The van der Waals surface area contributed by atoms with Crippen molar-refractivity contribution in [1.29, 1.82) is 5.26 Å². The van der Waals surface area contributed by atoms with E-state index in [9.17, 15) is 5.26 Å². The molecular formula is C13H18N4. The minimum absolute atomic E-state index is 0.371. The molecule has 0 unspecified atom stereocenters. The van der Waals surface area contributed by atoms with Gasteiger partial charge in [0.15, 0.2) is 0 Å². The fraction of sp³-hybridized carbons (Fsp3) is 0.538. The SMILES string of the molecule is CN1CCC(C#N)(NCc2ccccn2)CC1. The van der Waals surface area contributed by atoms with Gasteiger partial charge in [0.2, 0.25) is 0 Å². The molecule has 1 saturated heterocycles. The van der Waals surface area contributed by atoms with Crippen LogP contribution >= 0.6 is 0 Å². The molecule has 1 aliphatic heterocycles. The monoisotopic (exact) mass is 230 g/mol. The van der Waals surface area contributed by atoms with Crippen molar-refractivity contribution in [1.82, 2.24) is 15.2 Å². The Morgan fingerprint density at radius 2 is 2.24 bits per heavy atom. The molecule has 0 aliphatic carbocycles. The molecule has 1 aromatic heterocycles. The van der Waals surface area contributed by atoms with Gasteiger partial charge < -0.3 is 4.90 Å². The van der Waals surface area contributed by atoms with Crippen molar-refractivity contribution in [2.75, 3.05) is 20.1 Å². The Morgan fingerprint density at radius 1 is 1.47 bits per heavy atom. The van der Waals surface area contributed by atoms with E-state index in [2.05, 4.69) is 28.3 Å². The van der Waals surface area contributed by atoms with E-state index in [1.54, 1.807) is 6.20 Å². The molecule has 4 nitrogen and oxygen atoms in total. The molecule has 90 valence electrons. The Labute approximate surface area is 102 Å². The summed E-state index contributed by atoms with van der Waals surface area (Å²) in [5.74, 6) is 0. The van der Waals surface area contributed by atoms with E-state index >= 15 is 0 Å². The van der Waals surface area contributed by atoms with Gasteiger partial charge in [-0.3, -0.25) is 10.3 Å². The van der Waals surface area contributed by atoms with Crippen molar-refractivity contribution in [2.24, 2.45) is 0 Å². The number of pyridine rings is 1. The molecule has 17 heavy (non-hydrogen) atoms. The zero-order chi connectivity index (χ0) is 12.1. The maximum atomic E-state index is 9.35. The minimum Gasteiger partial charge on any atom is -0.306 e. The lowest BCUT2D eigenvalue weighted by molar-refractivity contribution is 0.194. The molecule has 1 N–H and O–H groups in total. The molecule has 1 aromatic rings. The highest BCUT2D eigenvalue weighted by atomic mass is 15.1. The van der Waals surface area contributed by atoms with Crippen LogP contribution in [0.2, 0.25) is 0 Å². The second kappa shape index (κ2) is 5.26. The Hall–Kier alpha value is -1.44. The van der Waals surface area contributed by atoms with Crippen molar-refractivity contribution in [3.05, 3.63) is 30.1 Å². The summed E-state index contributed by atoms with van der Waals surface area (Å²) < 4.78 is 0. The summed E-state index contributed by atoms with van der Waals surface area (Å²) in [6, 6.07) is 8.29. The molecule has 2 rings (SSSR count). The van der Waals surface area contributed by atoms with Gasteiger partial charge in [-0.15, -0.1) is 0 Å². The number of piperidine rings is 1. The van der Waals surface area contributed by atoms with Crippen LogP contribution in [0.15, 0.2) is 24.4 Å². The first-order valence-electron chi connectivity index (χ1n) is 5.99. The van der Waals surface area contributed by atoms with Crippen LogP contribution < -0.4 is 5.32 Å². The number of nitrogens with one attached hydrogen (secondary N) is 1. The van der Waals surface area contributed by atoms with Gasteiger partial charge in [0, 0.05) is 25.8 Å². The van der Waals surface area contributed by atoms with Crippen LogP contribution in [0.5, 0.6) is 0 Å². The molecule has 0 bridgehead atoms. The van der Waals surface area contributed by atoms with Gasteiger partial charge in [-0.1, -0.05) is 6.07 Å². The van der Waals surface area contributed by atoms with Crippen LogP contribution in [0, 0.1) is 11.3 Å². The van der Waals surface area contributed by atoms with Gasteiger partial charge in [-0.2, -0.15) is 5.26 Å². The molecule has 1 aliphatic rings. The molecule has 4 heteroatoms. The highest BCUT2D eigenvalue weighted by Crippen LogP contribution is 2.21. The van der Waals surface area contributed by atoms with Gasteiger partial charge in [0.25, 0.3) is 0 Å². The van der Waals surface area contributed by atoms with Crippen LogP contribution in [0.25, 0.3) is 0 Å².